The number of aromatic nitrogens is 3. The van der Waals surface area contributed by atoms with Gasteiger partial charge in [-0.3, -0.25) is 4.98 Å². The standard InChI is InChI=1S/C22H22F3N5O2S/c1-13-8-17-18(9-26)20(30(21(17)28-10-13)12-15-4-3-5-15)19-7-6-16(11-27-19)33(31,32)29-14(2)22(23,24)25/h6-8,10-11,14-15,29H,3-5,12H2,1-2H3. The van der Waals surface area contributed by atoms with Crippen molar-refractivity contribution in [1.82, 2.24) is 19.3 Å². The lowest BCUT2D eigenvalue weighted by Gasteiger charge is -2.26. The first-order valence-corrected chi connectivity index (χ1v) is 11.9. The SMILES string of the molecule is Cc1cnc2c(c1)c(C#N)c(-c1ccc(S(=O)(=O)NC(C)C(F)(F)F)cn1)n2CC1CCC1. The Kier molecular flexibility index (Phi) is 5.92. The lowest BCUT2D eigenvalue weighted by molar-refractivity contribution is -0.147. The number of hydrogen-bond donors (Lipinski definition) is 1. The largest absolute Gasteiger partial charge is 0.404 e. The minimum atomic E-state index is -4.71. The van der Waals surface area contributed by atoms with Crippen LogP contribution in [0.4, 0.5) is 13.2 Å². The van der Waals surface area contributed by atoms with Crippen LogP contribution in [0.3, 0.4) is 0 Å². The van der Waals surface area contributed by atoms with Gasteiger partial charge < -0.3 is 4.57 Å². The first-order valence-electron chi connectivity index (χ1n) is 10.5. The van der Waals surface area contributed by atoms with Crippen molar-refractivity contribution in [3.8, 4) is 17.5 Å². The maximum atomic E-state index is 12.8. The Morgan fingerprint density at radius 1 is 1.27 bits per heavy atom. The molecular weight excluding hydrogens is 455 g/mol. The molecule has 33 heavy (non-hydrogen) atoms. The molecule has 1 N–H and O–H groups in total. The molecule has 0 radical (unpaired) electrons. The second-order valence-electron chi connectivity index (χ2n) is 8.39. The summed E-state index contributed by atoms with van der Waals surface area (Å²) in [7, 11) is -4.43. The molecule has 0 bridgehead atoms. The summed E-state index contributed by atoms with van der Waals surface area (Å²) in [5, 5.41) is 10.6. The van der Waals surface area contributed by atoms with Crippen LogP contribution >= 0.6 is 0 Å². The second-order valence-corrected chi connectivity index (χ2v) is 10.1. The molecule has 0 spiro atoms. The van der Waals surface area contributed by atoms with Crippen LogP contribution in [0.5, 0.6) is 0 Å². The van der Waals surface area contributed by atoms with E-state index < -0.39 is 27.1 Å². The van der Waals surface area contributed by atoms with Gasteiger partial charge in [-0.15, -0.1) is 0 Å². The van der Waals surface area contributed by atoms with E-state index in [4.69, 9.17) is 0 Å². The van der Waals surface area contributed by atoms with Crippen molar-refractivity contribution in [1.29, 1.82) is 5.26 Å². The minimum Gasteiger partial charge on any atom is -0.323 e. The van der Waals surface area contributed by atoms with Crippen LogP contribution in [0.2, 0.25) is 0 Å². The van der Waals surface area contributed by atoms with Crippen molar-refractivity contribution in [3.05, 3.63) is 41.7 Å². The number of rotatable bonds is 6. The maximum Gasteiger partial charge on any atom is 0.404 e. The van der Waals surface area contributed by atoms with Crippen molar-refractivity contribution in [3.63, 3.8) is 0 Å². The van der Waals surface area contributed by atoms with Crippen LogP contribution in [0, 0.1) is 24.2 Å². The number of sulfonamides is 1. The highest BCUT2D eigenvalue weighted by Gasteiger charge is 2.39. The van der Waals surface area contributed by atoms with E-state index >= 15 is 0 Å². The second kappa shape index (κ2) is 8.43. The molecule has 1 aliphatic rings. The third-order valence-corrected chi connectivity index (χ3v) is 7.45. The molecule has 1 aliphatic carbocycles. The summed E-state index contributed by atoms with van der Waals surface area (Å²) in [6.45, 7) is 3.26. The predicted molar refractivity (Wildman–Crippen MR) is 116 cm³/mol. The van der Waals surface area contributed by atoms with Crippen LogP contribution < -0.4 is 4.72 Å². The molecule has 3 aromatic heterocycles. The lowest BCUT2D eigenvalue weighted by atomic mass is 9.85. The highest BCUT2D eigenvalue weighted by molar-refractivity contribution is 7.89. The summed E-state index contributed by atoms with van der Waals surface area (Å²) in [6, 6.07) is 4.46. The lowest BCUT2D eigenvalue weighted by Crippen LogP contribution is -2.42. The van der Waals surface area contributed by atoms with Crippen molar-refractivity contribution >= 4 is 21.1 Å². The molecule has 0 aliphatic heterocycles. The van der Waals surface area contributed by atoms with Gasteiger partial charge in [-0.2, -0.15) is 23.2 Å². The smallest absolute Gasteiger partial charge is 0.323 e. The van der Waals surface area contributed by atoms with Crippen molar-refractivity contribution in [2.45, 2.75) is 56.8 Å². The quantitative estimate of drug-likeness (QED) is 0.570. The Hall–Kier alpha value is -2.97. The zero-order valence-corrected chi connectivity index (χ0v) is 18.8. The predicted octanol–water partition coefficient (Wildman–Crippen LogP) is 4.31. The van der Waals surface area contributed by atoms with E-state index in [2.05, 4.69) is 16.0 Å². The molecular formula is C22H22F3N5O2S. The van der Waals surface area contributed by atoms with Gasteiger partial charge in [-0.05, 0) is 56.4 Å². The van der Waals surface area contributed by atoms with Gasteiger partial charge in [0.05, 0.1) is 17.0 Å². The van der Waals surface area contributed by atoms with Gasteiger partial charge in [0, 0.05) is 24.3 Å². The van der Waals surface area contributed by atoms with Crippen molar-refractivity contribution in [2.24, 2.45) is 5.92 Å². The van der Waals surface area contributed by atoms with E-state index in [0.717, 1.165) is 37.9 Å². The number of aryl methyl sites for hydroxylation is 1. The molecule has 3 heterocycles. The summed E-state index contributed by atoms with van der Waals surface area (Å²) in [4.78, 5) is 8.36. The molecule has 1 fully saturated rings. The fourth-order valence-electron chi connectivity index (χ4n) is 3.87. The van der Waals surface area contributed by atoms with Gasteiger partial charge in [-0.1, -0.05) is 6.42 Å². The number of hydrogen-bond acceptors (Lipinski definition) is 5. The van der Waals surface area contributed by atoms with E-state index in [9.17, 15) is 26.9 Å². The molecule has 11 heteroatoms. The summed E-state index contributed by atoms with van der Waals surface area (Å²) < 4.78 is 66.7. The number of pyridine rings is 2. The Morgan fingerprint density at radius 3 is 2.55 bits per heavy atom. The molecule has 1 atom stereocenters. The fraction of sp³-hybridized carbons (Fsp3) is 0.409. The Labute approximate surface area is 189 Å². The summed E-state index contributed by atoms with van der Waals surface area (Å²) in [5.41, 5.74) is 2.80. The Balaban J connectivity index is 1.77. The Morgan fingerprint density at radius 2 is 2.00 bits per heavy atom. The van der Waals surface area contributed by atoms with Crippen LogP contribution in [-0.4, -0.2) is 35.2 Å². The summed E-state index contributed by atoms with van der Waals surface area (Å²) in [5.74, 6) is 0.446. The maximum absolute atomic E-state index is 12.8. The zero-order chi connectivity index (χ0) is 24.0. The average molecular weight is 478 g/mol. The number of fused-ring (bicyclic) bond motifs is 1. The number of nitrogens with one attached hydrogen (secondary N) is 1. The molecule has 174 valence electrons. The van der Waals surface area contributed by atoms with Crippen molar-refractivity contribution in [2.75, 3.05) is 0 Å². The first-order chi connectivity index (χ1) is 15.5. The summed E-state index contributed by atoms with van der Waals surface area (Å²) >= 11 is 0. The topological polar surface area (TPSA) is 101 Å². The van der Waals surface area contributed by atoms with Gasteiger partial charge in [0.15, 0.2) is 0 Å². The van der Waals surface area contributed by atoms with E-state index in [1.165, 1.54) is 12.1 Å². The molecule has 1 saturated carbocycles. The van der Waals surface area contributed by atoms with E-state index in [-0.39, 0.29) is 0 Å². The highest BCUT2D eigenvalue weighted by atomic mass is 32.2. The zero-order valence-electron chi connectivity index (χ0n) is 18.0. The third-order valence-electron chi connectivity index (χ3n) is 5.92. The van der Waals surface area contributed by atoms with Crippen LogP contribution in [-0.2, 0) is 16.6 Å². The van der Waals surface area contributed by atoms with Crippen LogP contribution in [0.25, 0.3) is 22.4 Å². The van der Waals surface area contributed by atoms with Gasteiger partial charge in [0.2, 0.25) is 10.0 Å². The van der Waals surface area contributed by atoms with E-state index in [1.54, 1.807) is 10.9 Å². The van der Waals surface area contributed by atoms with Crippen LogP contribution in [0.15, 0.2) is 35.5 Å². The number of halogens is 3. The average Bonchev–Trinajstić information content (AvgIpc) is 3.02. The van der Waals surface area contributed by atoms with Gasteiger partial charge in [0.1, 0.15) is 22.7 Å². The first kappa shape index (κ1) is 23.2. The minimum absolute atomic E-state index is 0.351. The molecule has 1 unspecified atom stereocenters. The van der Waals surface area contributed by atoms with Crippen LogP contribution in [0.1, 0.15) is 37.3 Å². The number of nitriles is 1. The molecule has 7 nitrogen and oxygen atoms in total. The molecule has 0 amide bonds. The number of nitrogens with zero attached hydrogens (tertiary/aromatic N) is 4. The Bertz CT molecular complexity index is 1340. The number of alkyl halides is 3. The van der Waals surface area contributed by atoms with Gasteiger partial charge in [-0.25, -0.2) is 13.4 Å². The fourth-order valence-corrected chi connectivity index (χ4v) is 5.04. The molecule has 0 saturated heterocycles. The van der Waals surface area contributed by atoms with E-state index in [0.29, 0.717) is 40.4 Å². The van der Waals surface area contributed by atoms with Gasteiger partial charge in [0.25, 0.3) is 0 Å². The molecule has 4 rings (SSSR count). The third kappa shape index (κ3) is 4.45. The monoisotopic (exact) mass is 477 g/mol. The van der Waals surface area contributed by atoms with E-state index in [1.807, 2.05) is 17.6 Å². The molecule has 0 aromatic carbocycles. The normalized spacial score (nSPS) is 15.9. The molecule has 3 aromatic rings. The summed E-state index contributed by atoms with van der Waals surface area (Å²) in [6.07, 6.45) is 1.30. The van der Waals surface area contributed by atoms with Crippen molar-refractivity contribution < 1.29 is 21.6 Å². The highest BCUT2D eigenvalue weighted by Crippen LogP contribution is 2.36. The van der Waals surface area contributed by atoms with Gasteiger partial charge >= 0.3 is 6.18 Å².